The molecule has 114 valence electrons. The van der Waals surface area contributed by atoms with E-state index in [1.54, 1.807) is 18.2 Å². The predicted molar refractivity (Wildman–Crippen MR) is 88.5 cm³/mol. The number of hydrogen-bond donors (Lipinski definition) is 2. The summed E-state index contributed by atoms with van der Waals surface area (Å²) >= 11 is 9.04. The fourth-order valence-corrected chi connectivity index (χ4v) is 2.39. The van der Waals surface area contributed by atoms with Crippen molar-refractivity contribution in [2.24, 2.45) is 5.10 Å². The van der Waals surface area contributed by atoms with E-state index in [4.69, 9.17) is 16.3 Å². The minimum absolute atomic E-state index is 0.0112. The van der Waals surface area contributed by atoms with Gasteiger partial charge in [0, 0.05) is 10.6 Å². The second-order valence-corrected chi connectivity index (χ2v) is 5.51. The van der Waals surface area contributed by atoms with Gasteiger partial charge in [-0.05, 0) is 40.2 Å². The van der Waals surface area contributed by atoms with Crippen molar-refractivity contribution in [3.63, 3.8) is 0 Å². The van der Waals surface area contributed by atoms with Gasteiger partial charge < -0.3 is 9.84 Å². The maximum atomic E-state index is 11.6. The summed E-state index contributed by atoms with van der Waals surface area (Å²) in [5.41, 5.74) is 2.68. The van der Waals surface area contributed by atoms with Crippen LogP contribution in [0.5, 0.6) is 11.5 Å². The van der Waals surface area contributed by atoms with Crippen LogP contribution in [0, 0.1) is 0 Å². The van der Waals surface area contributed by atoms with Gasteiger partial charge >= 0.3 is 0 Å². The molecule has 2 rings (SSSR count). The molecule has 22 heavy (non-hydrogen) atoms. The molecule has 0 unspecified atom stereocenters. The fourth-order valence-electron chi connectivity index (χ4n) is 1.56. The smallest absolute Gasteiger partial charge is 0.277 e. The van der Waals surface area contributed by atoms with E-state index in [0.29, 0.717) is 20.8 Å². The Hall–Kier alpha value is -2.05. The summed E-state index contributed by atoms with van der Waals surface area (Å²) in [6, 6.07) is 12.1. The number of carbonyl (C=O) groups is 1. The zero-order valence-corrected chi connectivity index (χ0v) is 13.6. The van der Waals surface area contributed by atoms with Gasteiger partial charge in [0.05, 0.1) is 10.7 Å². The van der Waals surface area contributed by atoms with Gasteiger partial charge in [-0.25, -0.2) is 5.43 Å². The summed E-state index contributed by atoms with van der Waals surface area (Å²) in [7, 11) is 0. The van der Waals surface area contributed by atoms with Crippen molar-refractivity contribution in [2.75, 3.05) is 6.61 Å². The molecule has 0 spiro atoms. The molecule has 0 atom stereocenters. The molecule has 0 saturated carbocycles. The Labute approximate surface area is 140 Å². The van der Waals surface area contributed by atoms with Crippen LogP contribution >= 0.6 is 27.5 Å². The highest BCUT2D eigenvalue weighted by atomic mass is 79.9. The van der Waals surface area contributed by atoms with Crippen molar-refractivity contribution in [1.29, 1.82) is 0 Å². The maximum absolute atomic E-state index is 11.6. The Bertz CT molecular complexity index is 693. The van der Waals surface area contributed by atoms with Gasteiger partial charge in [0.2, 0.25) is 0 Å². The van der Waals surface area contributed by atoms with Crippen LogP contribution in [-0.4, -0.2) is 23.8 Å². The molecule has 5 nitrogen and oxygen atoms in total. The van der Waals surface area contributed by atoms with Crippen LogP contribution in [-0.2, 0) is 4.79 Å². The lowest BCUT2D eigenvalue weighted by atomic mass is 10.2. The zero-order valence-electron chi connectivity index (χ0n) is 11.3. The normalized spacial score (nSPS) is 10.6. The number of hydrazone groups is 1. The van der Waals surface area contributed by atoms with Crippen LogP contribution in [0.15, 0.2) is 52.0 Å². The molecule has 0 aliphatic heterocycles. The molecular weight excluding hydrogens is 372 g/mol. The lowest BCUT2D eigenvalue weighted by Crippen LogP contribution is -2.24. The number of nitrogens with zero attached hydrogens (tertiary/aromatic N) is 1. The van der Waals surface area contributed by atoms with Crippen LogP contribution in [0.4, 0.5) is 0 Å². The third-order valence-corrected chi connectivity index (χ3v) is 3.39. The molecule has 0 aromatic heterocycles. The minimum Gasteiger partial charge on any atom is -0.506 e. The first kappa shape index (κ1) is 16.3. The fraction of sp³-hybridized carbons (Fsp3) is 0.0667. The van der Waals surface area contributed by atoms with Crippen molar-refractivity contribution < 1.29 is 14.6 Å². The number of hydrogen-bond acceptors (Lipinski definition) is 4. The highest BCUT2D eigenvalue weighted by molar-refractivity contribution is 9.10. The molecular formula is C15H12BrClN2O3. The summed E-state index contributed by atoms with van der Waals surface area (Å²) in [6.45, 7) is -0.160. The molecule has 7 heteroatoms. The van der Waals surface area contributed by atoms with E-state index in [-0.39, 0.29) is 12.4 Å². The van der Waals surface area contributed by atoms with E-state index in [1.807, 2.05) is 18.2 Å². The number of nitrogens with one attached hydrogen (secondary N) is 1. The van der Waals surface area contributed by atoms with Gasteiger partial charge in [0.25, 0.3) is 5.91 Å². The third-order valence-electron chi connectivity index (χ3n) is 2.56. The van der Waals surface area contributed by atoms with E-state index in [2.05, 4.69) is 26.5 Å². The van der Waals surface area contributed by atoms with E-state index in [9.17, 15) is 9.90 Å². The molecule has 0 saturated heterocycles. The van der Waals surface area contributed by atoms with Crippen LogP contribution < -0.4 is 10.2 Å². The first-order valence-electron chi connectivity index (χ1n) is 6.24. The molecule has 0 bridgehead atoms. The first-order valence-corrected chi connectivity index (χ1v) is 7.41. The summed E-state index contributed by atoms with van der Waals surface area (Å²) in [5, 5.41) is 14.0. The number of benzene rings is 2. The van der Waals surface area contributed by atoms with E-state index >= 15 is 0 Å². The number of amides is 1. The Morgan fingerprint density at radius 3 is 2.82 bits per heavy atom. The molecule has 0 aliphatic rings. The van der Waals surface area contributed by atoms with E-state index in [1.165, 1.54) is 12.3 Å². The molecule has 2 aromatic rings. The number of para-hydroxylation sites is 1. The standard InChI is InChI=1S/C15H12BrClN2O3/c16-13-7-11(17)6-10(15(13)21)8-18-19-14(20)9-22-12-4-2-1-3-5-12/h1-8,21H,9H2,(H,19,20)/b18-8+. The van der Waals surface area contributed by atoms with Crippen molar-refractivity contribution in [3.8, 4) is 11.5 Å². The third kappa shape index (κ3) is 4.75. The Morgan fingerprint density at radius 1 is 1.36 bits per heavy atom. The molecule has 0 radical (unpaired) electrons. The predicted octanol–water partition coefficient (Wildman–Crippen LogP) is 3.34. The lowest BCUT2D eigenvalue weighted by molar-refractivity contribution is -0.123. The van der Waals surface area contributed by atoms with E-state index in [0.717, 1.165) is 0 Å². The molecule has 0 heterocycles. The molecule has 0 fully saturated rings. The number of rotatable bonds is 5. The quantitative estimate of drug-likeness (QED) is 0.614. The van der Waals surface area contributed by atoms with Gasteiger partial charge in [-0.15, -0.1) is 0 Å². The second-order valence-electron chi connectivity index (χ2n) is 4.22. The molecule has 0 aliphatic carbocycles. The number of phenolic OH excluding ortho intramolecular Hbond substituents is 1. The minimum atomic E-state index is -0.416. The van der Waals surface area contributed by atoms with Crippen LogP contribution in [0.2, 0.25) is 5.02 Å². The monoisotopic (exact) mass is 382 g/mol. The topological polar surface area (TPSA) is 70.9 Å². The molecule has 1 amide bonds. The number of aromatic hydroxyl groups is 1. The Morgan fingerprint density at radius 2 is 2.09 bits per heavy atom. The van der Waals surface area contributed by atoms with Gasteiger partial charge in [-0.1, -0.05) is 29.8 Å². The lowest BCUT2D eigenvalue weighted by Gasteiger charge is -2.05. The van der Waals surface area contributed by atoms with Crippen LogP contribution in [0.3, 0.4) is 0 Å². The summed E-state index contributed by atoms with van der Waals surface area (Å²) in [6.07, 6.45) is 1.30. The van der Waals surface area contributed by atoms with Crippen molar-refractivity contribution in [2.45, 2.75) is 0 Å². The van der Waals surface area contributed by atoms with Crippen molar-refractivity contribution >= 4 is 39.7 Å². The Balaban J connectivity index is 1.88. The molecule has 2 aromatic carbocycles. The van der Waals surface area contributed by atoms with Gasteiger partial charge in [-0.2, -0.15) is 5.10 Å². The van der Waals surface area contributed by atoms with E-state index < -0.39 is 5.91 Å². The van der Waals surface area contributed by atoms with Gasteiger partial charge in [0.15, 0.2) is 6.61 Å². The average Bonchev–Trinajstić information content (AvgIpc) is 2.51. The highest BCUT2D eigenvalue weighted by Crippen LogP contribution is 2.30. The maximum Gasteiger partial charge on any atom is 0.277 e. The number of phenols is 1. The van der Waals surface area contributed by atoms with Crippen molar-refractivity contribution in [1.82, 2.24) is 5.43 Å². The van der Waals surface area contributed by atoms with Crippen LogP contribution in [0.1, 0.15) is 5.56 Å². The first-order chi connectivity index (χ1) is 10.6. The number of ether oxygens (including phenoxy) is 1. The van der Waals surface area contributed by atoms with Crippen molar-refractivity contribution in [3.05, 3.63) is 57.5 Å². The Kier molecular flexibility index (Phi) is 5.80. The number of halogens is 2. The SMILES string of the molecule is O=C(COc1ccccc1)N/N=C/c1cc(Cl)cc(Br)c1O. The van der Waals surface area contributed by atoms with Gasteiger partial charge in [-0.3, -0.25) is 4.79 Å². The summed E-state index contributed by atoms with van der Waals surface area (Å²) in [5.74, 6) is 0.168. The second kappa shape index (κ2) is 7.82. The van der Waals surface area contributed by atoms with Crippen LogP contribution in [0.25, 0.3) is 0 Å². The summed E-state index contributed by atoms with van der Waals surface area (Å²) < 4.78 is 5.71. The van der Waals surface area contributed by atoms with Gasteiger partial charge in [0.1, 0.15) is 11.5 Å². The zero-order chi connectivity index (χ0) is 15.9. The largest absolute Gasteiger partial charge is 0.506 e. The highest BCUT2D eigenvalue weighted by Gasteiger charge is 2.06. The summed E-state index contributed by atoms with van der Waals surface area (Å²) in [4.78, 5) is 11.6. The average molecular weight is 384 g/mol. The number of carbonyl (C=O) groups excluding carboxylic acids is 1. The molecule has 2 N–H and O–H groups in total.